The lowest BCUT2D eigenvalue weighted by molar-refractivity contribution is 0.511. The summed E-state index contributed by atoms with van der Waals surface area (Å²) in [7, 11) is 1.70. The van der Waals surface area contributed by atoms with Crippen molar-refractivity contribution in [3.05, 3.63) is 35.5 Å². The Balaban J connectivity index is 2.36. The molecule has 6 heteroatoms. The Morgan fingerprint density at radius 2 is 2.11 bits per heavy atom. The van der Waals surface area contributed by atoms with Crippen molar-refractivity contribution >= 4 is 17.2 Å². The second-order valence-electron chi connectivity index (χ2n) is 4.31. The van der Waals surface area contributed by atoms with E-state index in [0.717, 1.165) is 24.6 Å². The first kappa shape index (κ1) is 13.3. The topological polar surface area (TPSA) is 55.9 Å². The minimum Gasteiger partial charge on any atom is -0.394 e. The van der Waals surface area contributed by atoms with Gasteiger partial charge in [0, 0.05) is 7.05 Å². The van der Waals surface area contributed by atoms with E-state index in [2.05, 4.69) is 10.4 Å². The van der Waals surface area contributed by atoms with E-state index in [1.165, 1.54) is 16.8 Å². The average Bonchev–Trinajstić information content (AvgIpc) is 2.63. The molecule has 0 aliphatic carbocycles. The molecule has 1 heterocycles. The third-order valence-corrected chi connectivity index (χ3v) is 2.85. The summed E-state index contributed by atoms with van der Waals surface area (Å²) in [6.45, 7) is 2.02. The molecule has 0 bridgehead atoms. The van der Waals surface area contributed by atoms with Crippen LogP contribution in [0.25, 0.3) is 0 Å². The Kier molecular flexibility index (Phi) is 3.69. The number of nitrogen functional groups attached to an aromatic ring is 1. The molecule has 19 heavy (non-hydrogen) atoms. The molecule has 1 aromatic heterocycles. The van der Waals surface area contributed by atoms with Gasteiger partial charge in [-0.05, 0) is 18.6 Å². The third kappa shape index (κ3) is 2.52. The van der Waals surface area contributed by atoms with Gasteiger partial charge in [0.25, 0.3) is 0 Å². The van der Waals surface area contributed by atoms with Crippen LogP contribution in [0.15, 0.2) is 18.2 Å². The Morgan fingerprint density at radius 3 is 2.79 bits per heavy atom. The fourth-order valence-corrected chi connectivity index (χ4v) is 1.89. The second kappa shape index (κ2) is 5.26. The van der Waals surface area contributed by atoms with Crippen molar-refractivity contribution in [2.75, 3.05) is 11.1 Å². The van der Waals surface area contributed by atoms with Gasteiger partial charge in [0.1, 0.15) is 0 Å². The predicted octanol–water partition coefficient (Wildman–Crippen LogP) is 2.98. The van der Waals surface area contributed by atoms with Crippen LogP contribution in [-0.4, -0.2) is 9.78 Å². The van der Waals surface area contributed by atoms with Crippen molar-refractivity contribution in [3.8, 4) is 0 Å². The number of nitrogens with zero attached hydrogens (tertiary/aromatic N) is 2. The van der Waals surface area contributed by atoms with Gasteiger partial charge in [-0.3, -0.25) is 4.68 Å². The van der Waals surface area contributed by atoms with Gasteiger partial charge >= 0.3 is 0 Å². The zero-order chi connectivity index (χ0) is 14.0. The van der Waals surface area contributed by atoms with E-state index in [0.29, 0.717) is 11.5 Å². The van der Waals surface area contributed by atoms with Gasteiger partial charge in [0.2, 0.25) is 0 Å². The van der Waals surface area contributed by atoms with E-state index >= 15 is 0 Å². The van der Waals surface area contributed by atoms with Crippen molar-refractivity contribution in [1.29, 1.82) is 0 Å². The first-order valence-electron chi connectivity index (χ1n) is 6.07. The van der Waals surface area contributed by atoms with Crippen LogP contribution < -0.4 is 11.1 Å². The molecule has 0 fully saturated rings. The van der Waals surface area contributed by atoms with Gasteiger partial charge in [-0.2, -0.15) is 5.10 Å². The standard InChI is InChI=1S/C13H16F2N4/c1-3-5-10-12(16)13(19(2)18-10)17-9-7-4-6-8(14)11(9)15/h4,6-7,17H,3,5,16H2,1-2H3. The van der Waals surface area contributed by atoms with Crippen molar-refractivity contribution in [1.82, 2.24) is 9.78 Å². The maximum absolute atomic E-state index is 13.6. The summed E-state index contributed by atoms with van der Waals surface area (Å²) in [6.07, 6.45) is 1.65. The minimum atomic E-state index is -0.930. The first-order chi connectivity index (χ1) is 9.04. The van der Waals surface area contributed by atoms with Crippen LogP contribution in [0, 0.1) is 11.6 Å². The van der Waals surface area contributed by atoms with Crippen LogP contribution in [0.3, 0.4) is 0 Å². The van der Waals surface area contributed by atoms with Gasteiger partial charge < -0.3 is 11.1 Å². The average molecular weight is 266 g/mol. The van der Waals surface area contributed by atoms with E-state index in [1.54, 1.807) is 7.05 Å². The number of anilines is 3. The minimum absolute atomic E-state index is 0.0396. The molecule has 0 aliphatic rings. The Hall–Kier alpha value is -2.11. The molecule has 0 unspecified atom stereocenters. The number of nitrogens with two attached hydrogens (primary N) is 1. The molecule has 4 nitrogen and oxygen atoms in total. The van der Waals surface area contributed by atoms with E-state index in [4.69, 9.17) is 5.73 Å². The van der Waals surface area contributed by atoms with Crippen molar-refractivity contribution in [3.63, 3.8) is 0 Å². The highest BCUT2D eigenvalue weighted by atomic mass is 19.2. The Morgan fingerprint density at radius 1 is 1.37 bits per heavy atom. The number of hydrogen-bond acceptors (Lipinski definition) is 3. The maximum Gasteiger partial charge on any atom is 0.182 e. The summed E-state index contributed by atoms with van der Waals surface area (Å²) < 4.78 is 28.3. The summed E-state index contributed by atoms with van der Waals surface area (Å²) in [5.74, 6) is -1.37. The number of halogens is 2. The molecule has 0 spiro atoms. The van der Waals surface area contributed by atoms with Crippen molar-refractivity contribution in [2.24, 2.45) is 7.05 Å². The molecule has 0 saturated heterocycles. The highest BCUT2D eigenvalue weighted by Gasteiger charge is 2.15. The SMILES string of the molecule is CCCc1nn(C)c(Nc2cccc(F)c2F)c1N. The van der Waals surface area contributed by atoms with Crippen molar-refractivity contribution in [2.45, 2.75) is 19.8 Å². The molecule has 0 saturated carbocycles. The molecule has 102 valence electrons. The van der Waals surface area contributed by atoms with Crippen LogP contribution in [-0.2, 0) is 13.5 Å². The highest BCUT2D eigenvalue weighted by Crippen LogP contribution is 2.28. The van der Waals surface area contributed by atoms with Gasteiger partial charge in [0.15, 0.2) is 17.5 Å². The zero-order valence-electron chi connectivity index (χ0n) is 10.9. The fraction of sp³-hybridized carbons (Fsp3) is 0.308. The third-order valence-electron chi connectivity index (χ3n) is 2.85. The van der Waals surface area contributed by atoms with Crippen LogP contribution in [0.2, 0.25) is 0 Å². The van der Waals surface area contributed by atoms with Crippen molar-refractivity contribution < 1.29 is 8.78 Å². The smallest absolute Gasteiger partial charge is 0.182 e. The summed E-state index contributed by atoms with van der Waals surface area (Å²) in [5.41, 5.74) is 7.22. The zero-order valence-corrected chi connectivity index (χ0v) is 10.9. The number of benzene rings is 1. The molecular formula is C13H16F2N4. The van der Waals surface area contributed by atoms with Crippen LogP contribution >= 0.6 is 0 Å². The quantitative estimate of drug-likeness (QED) is 0.894. The maximum atomic E-state index is 13.6. The summed E-state index contributed by atoms with van der Waals surface area (Å²) >= 11 is 0. The highest BCUT2D eigenvalue weighted by molar-refractivity contribution is 5.71. The number of aromatic nitrogens is 2. The molecular weight excluding hydrogens is 250 g/mol. The van der Waals surface area contributed by atoms with Gasteiger partial charge in [0.05, 0.1) is 17.1 Å². The number of rotatable bonds is 4. The normalized spacial score (nSPS) is 10.7. The lowest BCUT2D eigenvalue weighted by atomic mass is 10.2. The number of nitrogens with one attached hydrogen (secondary N) is 1. The van der Waals surface area contributed by atoms with E-state index in [1.807, 2.05) is 6.92 Å². The fourth-order valence-electron chi connectivity index (χ4n) is 1.89. The number of aryl methyl sites for hydroxylation is 2. The molecule has 2 rings (SSSR count). The molecule has 0 atom stereocenters. The van der Waals surface area contributed by atoms with Crippen LogP contribution in [0.5, 0.6) is 0 Å². The molecule has 0 amide bonds. The molecule has 1 aromatic carbocycles. The van der Waals surface area contributed by atoms with Gasteiger partial charge in [-0.25, -0.2) is 8.78 Å². The Labute approximate surface area is 110 Å². The largest absolute Gasteiger partial charge is 0.394 e. The van der Waals surface area contributed by atoms with E-state index < -0.39 is 11.6 Å². The summed E-state index contributed by atoms with van der Waals surface area (Å²) in [6, 6.07) is 3.94. The molecule has 0 aliphatic heterocycles. The molecule has 2 aromatic rings. The molecule has 0 radical (unpaired) electrons. The molecule has 3 N–H and O–H groups in total. The van der Waals surface area contributed by atoms with E-state index in [9.17, 15) is 8.78 Å². The summed E-state index contributed by atoms with van der Waals surface area (Å²) in [5, 5.41) is 7.05. The Bertz CT molecular complexity index is 593. The number of hydrogen-bond donors (Lipinski definition) is 2. The lowest BCUT2D eigenvalue weighted by Crippen LogP contribution is -2.03. The first-order valence-corrected chi connectivity index (χ1v) is 6.07. The lowest BCUT2D eigenvalue weighted by Gasteiger charge is -2.09. The van der Waals surface area contributed by atoms with Gasteiger partial charge in [-0.1, -0.05) is 19.4 Å². The predicted molar refractivity (Wildman–Crippen MR) is 71.3 cm³/mol. The van der Waals surface area contributed by atoms with Crippen LogP contribution in [0.1, 0.15) is 19.0 Å². The summed E-state index contributed by atoms with van der Waals surface area (Å²) in [4.78, 5) is 0. The van der Waals surface area contributed by atoms with Gasteiger partial charge in [-0.15, -0.1) is 0 Å². The monoisotopic (exact) mass is 266 g/mol. The van der Waals surface area contributed by atoms with E-state index in [-0.39, 0.29) is 5.69 Å². The second-order valence-corrected chi connectivity index (χ2v) is 4.31. The van der Waals surface area contributed by atoms with Crippen LogP contribution in [0.4, 0.5) is 26.0 Å².